The number of ether oxygens (including phenoxy) is 1. The van der Waals surface area contributed by atoms with Gasteiger partial charge in [-0.1, -0.05) is 23.4 Å². The number of nitrogen functional groups attached to an aromatic ring is 1. The van der Waals surface area contributed by atoms with Crippen LogP contribution in [0.1, 0.15) is 62.7 Å². The van der Waals surface area contributed by atoms with Gasteiger partial charge in [-0.25, -0.2) is 0 Å². The van der Waals surface area contributed by atoms with E-state index in [0.29, 0.717) is 37.7 Å². The molecule has 14 heteroatoms. The summed E-state index contributed by atoms with van der Waals surface area (Å²) in [6.07, 6.45) is 0. The molecule has 0 amide bonds. The lowest BCUT2D eigenvalue weighted by Crippen LogP contribution is -2.07. The zero-order valence-corrected chi connectivity index (χ0v) is 30.1. The number of hydrogen-bond acceptors (Lipinski definition) is 10. The van der Waals surface area contributed by atoms with Crippen LogP contribution in [-0.4, -0.2) is 49.3 Å². The number of nitrogens with zero attached hydrogens (tertiary/aromatic N) is 6. The normalized spacial score (nSPS) is 11.7. The number of aryl methyl sites for hydroxylation is 6. The van der Waals surface area contributed by atoms with E-state index < -0.39 is 10.1 Å². The first kappa shape index (κ1) is 35.0. The zero-order valence-electron chi connectivity index (χ0n) is 28.4. The number of aromatic nitrogens is 6. The van der Waals surface area contributed by atoms with E-state index in [1.807, 2.05) is 83.0 Å². The Morgan fingerprint density at radius 1 is 0.938 bits per heavy atom. The van der Waals surface area contributed by atoms with Crippen molar-refractivity contribution < 1.29 is 22.2 Å². The molecule has 1 aromatic carbocycles. The largest absolute Gasteiger partial charge is 0.381 e. The molecule has 12 nitrogen and oxygen atoms in total. The average molecular weight is 692 g/mol. The molecule has 0 spiro atoms. The quantitative estimate of drug-likeness (QED) is 0.157. The fourth-order valence-electron chi connectivity index (χ4n) is 5.65. The Kier molecular flexibility index (Phi) is 10.2. The summed E-state index contributed by atoms with van der Waals surface area (Å²) >= 11 is 1.06. The summed E-state index contributed by atoms with van der Waals surface area (Å²) in [5.41, 5.74) is 15.1. The predicted molar refractivity (Wildman–Crippen MR) is 187 cm³/mol. The third-order valence-electron chi connectivity index (χ3n) is 8.02. The van der Waals surface area contributed by atoms with Crippen molar-refractivity contribution in [3.8, 4) is 11.1 Å². The van der Waals surface area contributed by atoms with Crippen molar-refractivity contribution >= 4 is 38.2 Å². The standard InChI is InChI=1S/C29H33N5O4S2.C5H8N2O/c1-7-38-16-23-13-22(8-9-24(23)25-12-20(5)39-29(25)40(35,36)37)14-34-27-11-17(2)30-21(6)28(27)26(32-34)15-33-19(4)10-18(3)31-33;1-3-4(2)8-7-5(3)6/h8-13H,7,14-16H2,1-6H3,(H,35,36,37);1-2H3,(H2,6,7). The highest BCUT2D eigenvalue weighted by molar-refractivity contribution is 7.88. The molecule has 0 aliphatic heterocycles. The Labute approximate surface area is 284 Å². The number of anilines is 1. The van der Waals surface area contributed by atoms with Gasteiger partial charge in [0.15, 0.2) is 10.0 Å². The number of thiophene rings is 1. The summed E-state index contributed by atoms with van der Waals surface area (Å²) in [4.78, 5) is 5.50. The van der Waals surface area contributed by atoms with E-state index in [-0.39, 0.29) is 4.21 Å². The molecule has 6 aromatic rings. The first-order chi connectivity index (χ1) is 22.7. The average Bonchev–Trinajstić information content (AvgIpc) is 3.74. The molecule has 0 fully saturated rings. The van der Waals surface area contributed by atoms with Gasteiger partial charge in [-0.05, 0) is 90.3 Å². The molecule has 0 atom stereocenters. The second-order valence-electron chi connectivity index (χ2n) is 11.8. The maximum atomic E-state index is 12.1. The predicted octanol–water partition coefficient (Wildman–Crippen LogP) is 6.65. The number of rotatable bonds is 9. The summed E-state index contributed by atoms with van der Waals surface area (Å²) in [7, 11) is -4.36. The smallest absolute Gasteiger partial charge is 0.304 e. The van der Waals surface area contributed by atoms with Crippen LogP contribution in [0.4, 0.5) is 5.82 Å². The fraction of sp³-hybridized carbons (Fsp3) is 0.353. The van der Waals surface area contributed by atoms with Crippen molar-refractivity contribution in [2.75, 3.05) is 12.3 Å². The van der Waals surface area contributed by atoms with Crippen LogP contribution in [0.15, 0.2) is 45.1 Å². The molecule has 0 unspecified atom stereocenters. The molecule has 0 radical (unpaired) electrons. The van der Waals surface area contributed by atoms with E-state index in [9.17, 15) is 13.0 Å². The topological polar surface area (TPSA) is 164 Å². The number of hydrogen-bond donors (Lipinski definition) is 2. The summed E-state index contributed by atoms with van der Waals surface area (Å²) in [6.45, 7) is 17.3. The maximum absolute atomic E-state index is 12.1. The van der Waals surface area contributed by atoms with Gasteiger partial charge in [0.25, 0.3) is 0 Å². The van der Waals surface area contributed by atoms with Gasteiger partial charge in [-0.2, -0.15) is 18.6 Å². The van der Waals surface area contributed by atoms with Crippen LogP contribution < -0.4 is 5.73 Å². The van der Waals surface area contributed by atoms with E-state index in [4.69, 9.17) is 25.1 Å². The number of pyridine rings is 1. The van der Waals surface area contributed by atoms with E-state index >= 15 is 0 Å². The molecule has 0 aliphatic carbocycles. The molecule has 5 heterocycles. The van der Waals surface area contributed by atoms with Gasteiger partial charge in [-0.3, -0.25) is 18.9 Å². The van der Waals surface area contributed by atoms with Crippen LogP contribution >= 0.6 is 11.3 Å². The SMILES string of the molecule is CCOCc1cc(Cn2nc(Cn3nc(C)cc3C)c3c(C)nc(C)cc32)ccc1-c1cc(C)sc1S(=O)(=O)O.Cc1onc(N)c1C. The molecule has 0 aliphatic rings. The molecule has 5 aromatic heterocycles. The Balaban J connectivity index is 0.000000494. The minimum absolute atomic E-state index is 0.0548. The third-order valence-corrected chi connectivity index (χ3v) is 10.4. The highest BCUT2D eigenvalue weighted by Crippen LogP contribution is 2.37. The van der Waals surface area contributed by atoms with Crippen molar-refractivity contribution in [3.05, 3.63) is 92.2 Å². The van der Waals surface area contributed by atoms with Crippen LogP contribution in [0, 0.1) is 48.5 Å². The molecule has 3 N–H and O–H groups in total. The van der Waals surface area contributed by atoms with Crippen LogP contribution in [0.2, 0.25) is 0 Å². The Morgan fingerprint density at radius 3 is 2.27 bits per heavy atom. The Hall–Kier alpha value is -4.37. The number of benzene rings is 1. The molecular formula is C34H41N7O5S2. The monoisotopic (exact) mass is 691 g/mol. The lowest BCUT2D eigenvalue weighted by atomic mass is 9.99. The zero-order chi connectivity index (χ0) is 34.9. The van der Waals surface area contributed by atoms with E-state index in [0.717, 1.165) is 83.6 Å². The van der Waals surface area contributed by atoms with Crippen molar-refractivity contribution in [2.24, 2.45) is 0 Å². The summed E-state index contributed by atoms with van der Waals surface area (Å²) in [6, 6.07) is 11.8. The van der Waals surface area contributed by atoms with Crippen LogP contribution in [0.25, 0.3) is 22.0 Å². The molecule has 0 bridgehead atoms. The lowest BCUT2D eigenvalue weighted by Gasteiger charge is -2.13. The molecule has 0 saturated carbocycles. The molecule has 0 saturated heterocycles. The van der Waals surface area contributed by atoms with E-state index in [1.54, 1.807) is 6.07 Å². The van der Waals surface area contributed by atoms with Gasteiger partial charge in [0.1, 0.15) is 5.76 Å². The molecule has 48 heavy (non-hydrogen) atoms. The summed E-state index contributed by atoms with van der Waals surface area (Å²) in [5, 5.41) is 14.2. The molecule has 6 rings (SSSR count). The van der Waals surface area contributed by atoms with Crippen LogP contribution in [0.5, 0.6) is 0 Å². The molecule has 254 valence electrons. The fourth-order valence-corrected chi connectivity index (χ4v) is 7.66. The first-order valence-corrected chi connectivity index (χ1v) is 17.7. The molecular weight excluding hydrogens is 651 g/mol. The Bertz CT molecular complexity index is 2190. The Morgan fingerprint density at radius 2 is 1.69 bits per heavy atom. The van der Waals surface area contributed by atoms with Gasteiger partial charge >= 0.3 is 10.1 Å². The highest BCUT2D eigenvalue weighted by Gasteiger charge is 2.23. The van der Waals surface area contributed by atoms with Gasteiger partial charge in [0.05, 0.1) is 36.6 Å². The van der Waals surface area contributed by atoms with Crippen molar-refractivity contribution in [2.45, 2.75) is 79.3 Å². The van der Waals surface area contributed by atoms with Crippen molar-refractivity contribution in [1.29, 1.82) is 0 Å². The summed E-state index contributed by atoms with van der Waals surface area (Å²) < 4.78 is 48.5. The van der Waals surface area contributed by atoms with Gasteiger partial charge in [-0.15, -0.1) is 11.3 Å². The third kappa shape index (κ3) is 7.51. The minimum atomic E-state index is -4.36. The van der Waals surface area contributed by atoms with Gasteiger partial charge < -0.3 is 15.0 Å². The maximum Gasteiger partial charge on any atom is 0.304 e. The van der Waals surface area contributed by atoms with Crippen molar-refractivity contribution in [3.63, 3.8) is 0 Å². The van der Waals surface area contributed by atoms with Crippen LogP contribution in [-0.2, 0) is 34.6 Å². The number of fused-ring (bicyclic) bond motifs is 1. The van der Waals surface area contributed by atoms with E-state index in [1.165, 1.54) is 0 Å². The highest BCUT2D eigenvalue weighted by atomic mass is 32.3. The van der Waals surface area contributed by atoms with Gasteiger partial charge in [0.2, 0.25) is 0 Å². The first-order valence-electron chi connectivity index (χ1n) is 15.5. The lowest BCUT2D eigenvalue weighted by molar-refractivity contribution is 0.134. The second kappa shape index (κ2) is 14.0. The minimum Gasteiger partial charge on any atom is -0.381 e. The van der Waals surface area contributed by atoms with Gasteiger partial charge in [0, 0.05) is 45.1 Å². The summed E-state index contributed by atoms with van der Waals surface area (Å²) in [5.74, 6) is 1.28. The second-order valence-corrected chi connectivity index (χ2v) is 14.7. The van der Waals surface area contributed by atoms with Crippen LogP contribution in [0.3, 0.4) is 0 Å². The van der Waals surface area contributed by atoms with Crippen molar-refractivity contribution in [1.82, 2.24) is 29.7 Å². The van der Waals surface area contributed by atoms with E-state index in [2.05, 4.69) is 22.4 Å². The number of nitrogens with two attached hydrogens (primary N) is 1.